The van der Waals surface area contributed by atoms with Crippen LogP contribution in [0.2, 0.25) is 0 Å². The van der Waals surface area contributed by atoms with Gasteiger partial charge in [-0.05, 0) is 12.1 Å². The molecule has 7 heteroatoms. The molecule has 0 saturated heterocycles. The van der Waals surface area contributed by atoms with Crippen LogP contribution in [0.15, 0.2) is 36.9 Å². The lowest BCUT2D eigenvalue weighted by Gasteiger charge is -2.05. The predicted octanol–water partition coefficient (Wildman–Crippen LogP) is 2.34. The minimum atomic E-state index is -0.647. The van der Waals surface area contributed by atoms with Gasteiger partial charge in [0.25, 0.3) is 0 Å². The number of benzene rings is 1. The number of fused-ring (bicyclic) bond motifs is 2. The van der Waals surface area contributed by atoms with Gasteiger partial charge < -0.3 is 20.0 Å². The lowest BCUT2D eigenvalue weighted by atomic mass is 10.2. The van der Waals surface area contributed by atoms with E-state index in [2.05, 4.69) is 9.97 Å². The molecule has 0 amide bonds. The van der Waals surface area contributed by atoms with Gasteiger partial charge in [-0.2, -0.15) is 0 Å². The molecular formula is C15H12FN5O. The second-order valence-electron chi connectivity index (χ2n) is 5.13. The fourth-order valence-corrected chi connectivity index (χ4v) is 2.75. The maximum atomic E-state index is 13.5. The molecule has 0 spiro atoms. The Morgan fingerprint density at radius 2 is 2.09 bits per heavy atom. The van der Waals surface area contributed by atoms with Crippen molar-refractivity contribution in [1.29, 1.82) is 0 Å². The normalized spacial score (nSPS) is 11.5. The van der Waals surface area contributed by atoms with Gasteiger partial charge in [-0.25, -0.2) is 14.4 Å². The number of nitrogens with two attached hydrogens (primary N) is 1. The van der Waals surface area contributed by atoms with E-state index in [1.165, 1.54) is 18.5 Å². The highest BCUT2D eigenvalue weighted by molar-refractivity contribution is 5.96. The van der Waals surface area contributed by atoms with E-state index in [1.54, 1.807) is 12.3 Å². The average molecular weight is 297 g/mol. The van der Waals surface area contributed by atoms with Gasteiger partial charge in [-0.3, -0.25) is 0 Å². The molecule has 4 aromatic rings. The molecule has 4 rings (SSSR count). The summed E-state index contributed by atoms with van der Waals surface area (Å²) in [6.45, 7) is 0. The van der Waals surface area contributed by atoms with Gasteiger partial charge in [-0.1, -0.05) is 0 Å². The minimum Gasteiger partial charge on any atom is -0.505 e. The summed E-state index contributed by atoms with van der Waals surface area (Å²) < 4.78 is 17.2. The Kier molecular flexibility index (Phi) is 2.41. The molecule has 3 aromatic heterocycles. The third kappa shape index (κ3) is 1.59. The second kappa shape index (κ2) is 4.20. The van der Waals surface area contributed by atoms with Crippen molar-refractivity contribution in [3.63, 3.8) is 0 Å². The van der Waals surface area contributed by atoms with Gasteiger partial charge in [0.1, 0.15) is 17.8 Å². The van der Waals surface area contributed by atoms with Crippen molar-refractivity contribution < 1.29 is 9.50 Å². The third-order valence-corrected chi connectivity index (χ3v) is 3.78. The van der Waals surface area contributed by atoms with Crippen LogP contribution in [0.3, 0.4) is 0 Å². The van der Waals surface area contributed by atoms with Gasteiger partial charge in [0.2, 0.25) is 0 Å². The molecule has 0 fully saturated rings. The first kappa shape index (κ1) is 12.6. The largest absolute Gasteiger partial charge is 0.505 e. The molecule has 6 nitrogen and oxygen atoms in total. The smallest absolute Gasteiger partial charge is 0.165 e. The molecule has 0 aliphatic heterocycles. The molecule has 0 saturated carbocycles. The Hall–Kier alpha value is -3.09. The van der Waals surface area contributed by atoms with Crippen LogP contribution < -0.4 is 5.73 Å². The summed E-state index contributed by atoms with van der Waals surface area (Å²) in [6, 6.07) is 4.46. The molecule has 0 radical (unpaired) electrons. The number of aromatic nitrogens is 4. The van der Waals surface area contributed by atoms with Crippen molar-refractivity contribution in [1.82, 2.24) is 19.1 Å². The third-order valence-electron chi connectivity index (χ3n) is 3.78. The van der Waals surface area contributed by atoms with Crippen LogP contribution in [0.1, 0.15) is 0 Å². The zero-order valence-corrected chi connectivity index (χ0v) is 11.7. The molecular weight excluding hydrogens is 285 g/mol. The fourth-order valence-electron chi connectivity index (χ4n) is 2.75. The van der Waals surface area contributed by atoms with Gasteiger partial charge in [0.05, 0.1) is 16.6 Å². The van der Waals surface area contributed by atoms with Crippen LogP contribution in [0.5, 0.6) is 5.75 Å². The number of phenols is 1. The zero-order valence-electron chi connectivity index (χ0n) is 11.7. The number of hydrogen-bond donors (Lipinski definition) is 2. The average Bonchev–Trinajstić information content (AvgIpc) is 3.02. The van der Waals surface area contributed by atoms with E-state index in [1.807, 2.05) is 22.4 Å². The van der Waals surface area contributed by atoms with Gasteiger partial charge in [0, 0.05) is 30.9 Å². The highest BCUT2D eigenvalue weighted by Gasteiger charge is 2.16. The highest BCUT2D eigenvalue weighted by atomic mass is 19.1. The summed E-state index contributed by atoms with van der Waals surface area (Å²) in [5.74, 6) is -0.670. The van der Waals surface area contributed by atoms with E-state index in [0.29, 0.717) is 27.8 Å². The molecule has 0 bridgehead atoms. The summed E-state index contributed by atoms with van der Waals surface area (Å²) in [7, 11) is 1.86. The highest BCUT2D eigenvalue weighted by Crippen LogP contribution is 2.31. The van der Waals surface area contributed by atoms with Crippen LogP contribution in [-0.2, 0) is 7.05 Å². The first-order chi connectivity index (χ1) is 10.6. The number of anilines is 1. The summed E-state index contributed by atoms with van der Waals surface area (Å²) in [5, 5.41) is 11.0. The lowest BCUT2D eigenvalue weighted by Crippen LogP contribution is -1.96. The van der Waals surface area contributed by atoms with E-state index < -0.39 is 11.6 Å². The standard InChI is InChI=1S/C15H12FN5O/c1-20-6-11(13-14(17)18-7-19-15(13)20)21-3-2-8-4-9(16)12(22)5-10(8)21/h2-7,22H,1H3,(H2,17,18,19). The predicted molar refractivity (Wildman–Crippen MR) is 81.4 cm³/mol. The Morgan fingerprint density at radius 3 is 2.91 bits per heavy atom. The lowest BCUT2D eigenvalue weighted by molar-refractivity contribution is 0.433. The summed E-state index contributed by atoms with van der Waals surface area (Å²) in [4.78, 5) is 8.27. The summed E-state index contributed by atoms with van der Waals surface area (Å²) in [5.41, 5.74) is 8.14. The number of aromatic hydroxyl groups is 1. The first-order valence-corrected chi connectivity index (χ1v) is 6.61. The maximum absolute atomic E-state index is 13.5. The molecule has 3 heterocycles. The molecule has 110 valence electrons. The summed E-state index contributed by atoms with van der Waals surface area (Å²) in [6.07, 6.45) is 5.08. The fraction of sp³-hybridized carbons (Fsp3) is 0.0667. The van der Waals surface area contributed by atoms with Gasteiger partial charge in [-0.15, -0.1) is 0 Å². The van der Waals surface area contributed by atoms with E-state index in [-0.39, 0.29) is 0 Å². The second-order valence-corrected chi connectivity index (χ2v) is 5.13. The number of aryl methyl sites for hydroxylation is 1. The number of nitrogens with zero attached hydrogens (tertiary/aromatic N) is 4. The minimum absolute atomic E-state index is 0.369. The van der Waals surface area contributed by atoms with Crippen molar-refractivity contribution in [2.24, 2.45) is 7.05 Å². The van der Waals surface area contributed by atoms with E-state index in [4.69, 9.17) is 5.73 Å². The van der Waals surface area contributed by atoms with Crippen molar-refractivity contribution in [3.05, 3.63) is 42.7 Å². The van der Waals surface area contributed by atoms with Crippen molar-refractivity contribution >= 4 is 27.8 Å². The zero-order chi connectivity index (χ0) is 15.4. The maximum Gasteiger partial charge on any atom is 0.165 e. The Bertz CT molecular complexity index is 1030. The SMILES string of the molecule is Cn1cc(-n2ccc3cc(F)c(O)cc32)c2c(N)ncnc21. The molecule has 1 aromatic carbocycles. The van der Waals surface area contributed by atoms with Crippen LogP contribution >= 0.6 is 0 Å². The molecule has 0 unspecified atom stereocenters. The van der Waals surface area contributed by atoms with Crippen LogP contribution in [0.4, 0.5) is 10.2 Å². The molecule has 3 N–H and O–H groups in total. The Balaban J connectivity index is 2.10. The van der Waals surface area contributed by atoms with Gasteiger partial charge >= 0.3 is 0 Å². The number of hydrogen-bond acceptors (Lipinski definition) is 4. The monoisotopic (exact) mass is 297 g/mol. The van der Waals surface area contributed by atoms with E-state index in [9.17, 15) is 9.50 Å². The Morgan fingerprint density at radius 1 is 1.27 bits per heavy atom. The summed E-state index contributed by atoms with van der Waals surface area (Å²) >= 11 is 0. The molecule has 0 aliphatic carbocycles. The van der Waals surface area contributed by atoms with Crippen LogP contribution in [0.25, 0.3) is 27.6 Å². The van der Waals surface area contributed by atoms with Crippen LogP contribution in [0, 0.1) is 5.82 Å². The first-order valence-electron chi connectivity index (χ1n) is 6.61. The van der Waals surface area contributed by atoms with Crippen molar-refractivity contribution in [3.8, 4) is 11.4 Å². The number of halogens is 1. The molecule has 0 aliphatic rings. The quantitative estimate of drug-likeness (QED) is 0.565. The van der Waals surface area contributed by atoms with Crippen LogP contribution in [-0.4, -0.2) is 24.2 Å². The van der Waals surface area contributed by atoms with Crippen molar-refractivity contribution in [2.75, 3.05) is 5.73 Å². The van der Waals surface area contributed by atoms with E-state index >= 15 is 0 Å². The number of phenolic OH excluding ortho intramolecular Hbond substituents is 1. The number of nitrogen functional groups attached to an aromatic ring is 1. The van der Waals surface area contributed by atoms with Gasteiger partial charge in [0.15, 0.2) is 11.6 Å². The topological polar surface area (TPSA) is 81.9 Å². The number of rotatable bonds is 1. The molecule has 0 atom stereocenters. The molecule has 22 heavy (non-hydrogen) atoms. The van der Waals surface area contributed by atoms with Crippen molar-refractivity contribution in [2.45, 2.75) is 0 Å². The Labute approximate surface area is 124 Å². The van der Waals surface area contributed by atoms with E-state index in [0.717, 1.165) is 5.69 Å².